The molecule has 35 heavy (non-hydrogen) atoms. The van der Waals surface area contributed by atoms with Crippen molar-refractivity contribution < 1.29 is 22.6 Å². The molecule has 0 radical (unpaired) electrons. The summed E-state index contributed by atoms with van der Waals surface area (Å²) >= 11 is 0. The van der Waals surface area contributed by atoms with Gasteiger partial charge in [-0.25, -0.2) is 23.1 Å². The third kappa shape index (κ3) is 4.69. The first kappa shape index (κ1) is 23.2. The molecular formula is C24H23N5O5S. The van der Waals surface area contributed by atoms with E-state index in [1.807, 2.05) is 36.4 Å². The minimum Gasteiger partial charge on any atom is -0.497 e. The van der Waals surface area contributed by atoms with Crippen LogP contribution in [0.3, 0.4) is 0 Å². The lowest BCUT2D eigenvalue weighted by Gasteiger charge is -2.19. The van der Waals surface area contributed by atoms with Crippen LogP contribution in [0.1, 0.15) is 5.56 Å². The summed E-state index contributed by atoms with van der Waals surface area (Å²) in [4.78, 5) is 8.84. The molecule has 180 valence electrons. The fourth-order valence-electron chi connectivity index (χ4n) is 4.30. The molecule has 0 amide bonds. The number of nitriles is 1. The van der Waals surface area contributed by atoms with E-state index in [0.29, 0.717) is 12.6 Å². The summed E-state index contributed by atoms with van der Waals surface area (Å²) < 4.78 is 45.5. The fraction of sp³-hybridized carbons (Fsp3) is 0.292. The molecule has 2 aromatic carbocycles. The van der Waals surface area contributed by atoms with Crippen molar-refractivity contribution in [3.63, 3.8) is 0 Å². The van der Waals surface area contributed by atoms with Crippen LogP contribution in [0, 0.1) is 11.3 Å². The van der Waals surface area contributed by atoms with E-state index in [-0.39, 0.29) is 29.2 Å². The predicted molar refractivity (Wildman–Crippen MR) is 126 cm³/mol. The Morgan fingerprint density at radius 2 is 1.74 bits per heavy atom. The van der Waals surface area contributed by atoms with Crippen LogP contribution in [0.5, 0.6) is 5.75 Å². The van der Waals surface area contributed by atoms with Crippen LogP contribution in [-0.4, -0.2) is 63.0 Å². The number of nitrogens with one attached hydrogen (secondary N) is 2. The van der Waals surface area contributed by atoms with Crippen LogP contribution in [0.2, 0.25) is 0 Å². The van der Waals surface area contributed by atoms with Crippen molar-refractivity contribution in [2.75, 3.05) is 25.6 Å². The van der Waals surface area contributed by atoms with E-state index < -0.39 is 22.2 Å². The number of ether oxygens (including phenoxy) is 3. The topological polar surface area (TPSA) is 135 Å². The summed E-state index contributed by atoms with van der Waals surface area (Å²) in [5.74, 6) is 1.18. The molecule has 4 unspecified atom stereocenters. The molecule has 2 saturated heterocycles. The van der Waals surface area contributed by atoms with Gasteiger partial charge in [0, 0.05) is 11.8 Å². The zero-order valence-electron chi connectivity index (χ0n) is 18.8. The first-order valence-corrected chi connectivity index (χ1v) is 12.5. The van der Waals surface area contributed by atoms with E-state index in [1.54, 1.807) is 25.4 Å². The lowest BCUT2D eigenvalue weighted by Crippen LogP contribution is -2.44. The molecule has 2 aliphatic rings. The summed E-state index contributed by atoms with van der Waals surface area (Å²) in [7, 11) is -2.31. The molecule has 2 aliphatic heterocycles. The quantitative estimate of drug-likeness (QED) is 0.506. The van der Waals surface area contributed by atoms with Crippen molar-refractivity contribution in [3.8, 4) is 23.1 Å². The number of anilines is 1. The third-order valence-electron chi connectivity index (χ3n) is 6.01. The van der Waals surface area contributed by atoms with Crippen LogP contribution < -0.4 is 14.8 Å². The maximum Gasteiger partial charge on any atom is 0.242 e. The zero-order chi connectivity index (χ0) is 24.4. The van der Waals surface area contributed by atoms with Gasteiger partial charge in [-0.2, -0.15) is 5.26 Å². The number of benzene rings is 2. The van der Waals surface area contributed by atoms with Crippen LogP contribution in [0.25, 0.3) is 11.3 Å². The summed E-state index contributed by atoms with van der Waals surface area (Å²) in [6.45, 7) is 0.451. The minimum absolute atomic E-state index is 0.0673. The van der Waals surface area contributed by atoms with Gasteiger partial charge in [-0.1, -0.05) is 12.1 Å². The Morgan fingerprint density at radius 1 is 1.03 bits per heavy atom. The van der Waals surface area contributed by atoms with Gasteiger partial charge in [-0.05, 0) is 42.5 Å². The van der Waals surface area contributed by atoms with E-state index in [4.69, 9.17) is 14.2 Å². The van der Waals surface area contributed by atoms with Crippen molar-refractivity contribution in [1.29, 1.82) is 5.26 Å². The van der Waals surface area contributed by atoms with Gasteiger partial charge in [0.25, 0.3) is 0 Å². The van der Waals surface area contributed by atoms with Crippen molar-refractivity contribution in [1.82, 2.24) is 14.7 Å². The Bertz CT molecular complexity index is 1360. The Balaban J connectivity index is 1.27. The van der Waals surface area contributed by atoms with Gasteiger partial charge in [0.05, 0.1) is 48.6 Å². The van der Waals surface area contributed by atoms with Crippen molar-refractivity contribution in [3.05, 3.63) is 66.4 Å². The summed E-state index contributed by atoms with van der Waals surface area (Å²) in [5, 5.41) is 12.5. The molecule has 2 N–H and O–H groups in total. The monoisotopic (exact) mass is 493 g/mol. The first-order chi connectivity index (χ1) is 17.0. The third-order valence-corrected chi connectivity index (χ3v) is 7.56. The lowest BCUT2D eigenvalue weighted by atomic mass is 10.1. The SMILES string of the molecule is COc1ccc(-c2ccnc(NC3COC4C(NS(=O)(=O)c5ccccc5C#N)COC34)n2)cc1. The van der Waals surface area contributed by atoms with Gasteiger partial charge < -0.3 is 19.5 Å². The van der Waals surface area contributed by atoms with Crippen LogP contribution in [0.15, 0.2) is 65.7 Å². The second kappa shape index (κ2) is 9.59. The van der Waals surface area contributed by atoms with Gasteiger partial charge >= 0.3 is 0 Å². The van der Waals surface area contributed by atoms with Crippen LogP contribution in [-0.2, 0) is 19.5 Å². The maximum atomic E-state index is 12.9. The molecule has 4 atom stereocenters. The standard InChI is InChI=1S/C24H23N5O5S/c1-32-17-8-6-15(7-9-17)18-10-11-26-24(27-18)28-19-13-33-23-20(14-34-22(19)23)29-35(30,31)21-5-3-2-4-16(21)12-25/h2-11,19-20,22-23,29H,13-14H2,1H3,(H,26,27,28). The highest BCUT2D eigenvalue weighted by atomic mass is 32.2. The molecule has 3 heterocycles. The second-order valence-electron chi connectivity index (χ2n) is 8.18. The number of hydrogen-bond acceptors (Lipinski definition) is 9. The van der Waals surface area contributed by atoms with Crippen LogP contribution >= 0.6 is 0 Å². The normalized spacial score (nSPS) is 23.4. The van der Waals surface area contributed by atoms with Crippen LogP contribution in [0.4, 0.5) is 5.95 Å². The number of fused-ring (bicyclic) bond motifs is 1. The fourth-order valence-corrected chi connectivity index (χ4v) is 5.69. The van der Waals surface area contributed by atoms with E-state index in [0.717, 1.165) is 17.0 Å². The molecule has 11 heteroatoms. The molecule has 5 rings (SSSR count). The molecule has 3 aromatic rings. The minimum atomic E-state index is -3.93. The van der Waals surface area contributed by atoms with Crippen molar-refractivity contribution >= 4 is 16.0 Å². The van der Waals surface area contributed by atoms with Crippen molar-refractivity contribution in [2.24, 2.45) is 0 Å². The Morgan fingerprint density at radius 3 is 2.49 bits per heavy atom. The Labute approximate surface area is 202 Å². The highest BCUT2D eigenvalue weighted by Crippen LogP contribution is 2.30. The van der Waals surface area contributed by atoms with Crippen molar-refractivity contribution in [2.45, 2.75) is 29.2 Å². The summed E-state index contributed by atoms with van der Waals surface area (Å²) in [6, 6.07) is 16.5. The Kier molecular flexibility index (Phi) is 6.36. The number of hydrogen-bond donors (Lipinski definition) is 2. The van der Waals surface area contributed by atoms with E-state index in [9.17, 15) is 13.7 Å². The van der Waals surface area contributed by atoms with Gasteiger partial charge in [-0.15, -0.1) is 0 Å². The van der Waals surface area contributed by atoms with Gasteiger partial charge in [0.1, 0.15) is 24.0 Å². The molecule has 0 spiro atoms. The lowest BCUT2D eigenvalue weighted by molar-refractivity contribution is 0.0690. The first-order valence-electron chi connectivity index (χ1n) is 11.0. The zero-order valence-corrected chi connectivity index (χ0v) is 19.6. The maximum absolute atomic E-state index is 12.9. The number of rotatable bonds is 7. The average Bonchev–Trinajstić information content (AvgIpc) is 3.47. The molecular weight excluding hydrogens is 470 g/mol. The van der Waals surface area contributed by atoms with E-state index >= 15 is 0 Å². The van der Waals surface area contributed by atoms with E-state index in [2.05, 4.69) is 20.0 Å². The Hall–Kier alpha value is -3.56. The highest BCUT2D eigenvalue weighted by Gasteiger charge is 2.49. The summed E-state index contributed by atoms with van der Waals surface area (Å²) in [6.07, 6.45) is 0.796. The van der Waals surface area contributed by atoms with Gasteiger partial charge in [0.2, 0.25) is 16.0 Å². The number of nitrogens with zero attached hydrogens (tertiary/aromatic N) is 3. The largest absolute Gasteiger partial charge is 0.497 e. The molecule has 2 fully saturated rings. The number of aromatic nitrogens is 2. The van der Waals surface area contributed by atoms with Gasteiger partial charge in [-0.3, -0.25) is 0 Å². The van der Waals surface area contributed by atoms with Gasteiger partial charge in [0.15, 0.2) is 0 Å². The number of sulfonamides is 1. The number of methoxy groups -OCH3 is 1. The molecule has 10 nitrogen and oxygen atoms in total. The summed E-state index contributed by atoms with van der Waals surface area (Å²) in [5.41, 5.74) is 1.74. The second-order valence-corrected chi connectivity index (χ2v) is 9.86. The highest BCUT2D eigenvalue weighted by molar-refractivity contribution is 7.89. The molecule has 0 saturated carbocycles. The molecule has 0 aliphatic carbocycles. The smallest absolute Gasteiger partial charge is 0.242 e. The molecule has 0 bridgehead atoms. The molecule has 1 aromatic heterocycles. The van der Waals surface area contributed by atoms with E-state index in [1.165, 1.54) is 12.1 Å². The average molecular weight is 494 g/mol. The predicted octanol–water partition coefficient (Wildman–Crippen LogP) is 1.95.